The fraction of sp³-hybridized carbons (Fsp3) is 0.273. The largest absolute Gasteiger partial charge is 0.489 e. The van der Waals surface area contributed by atoms with Gasteiger partial charge in [-0.15, -0.1) is 11.3 Å². The molecule has 3 aromatic carbocycles. The molecule has 0 fully saturated rings. The minimum atomic E-state index is -0.277. The Kier molecular flexibility index (Phi) is 7.94. The lowest BCUT2D eigenvalue weighted by Gasteiger charge is -2.33. The second kappa shape index (κ2) is 11.5. The molecule has 1 amide bonds. The number of fused-ring (bicyclic) bond motifs is 1. The van der Waals surface area contributed by atoms with Crippen molar-refractivity contribution in [1.82, 2.24) is 0 Å². The third kappa shape index (κ3) is 6.45. The van der Waals surface area contributed by atoms with Gasteiger partial charge in [0.25, 0.3) is 5.91 Å². The molecule has 5 rings (SSSR count). The summed E-state index contributed by atoms with van der Waals surface area (Å²) in [5, 5.41) is 3.80. The number of para-hydroxylation sites is 1. The van der Waals surface area contributed by atoms with Crippen LogP contribution < -0.4 is 10.1 Å². The van der Waals surface area contributed by atoms with Gasteiger partial charge in [0, 0.05) is 22.3 Å². The number of nitrogens with zero attached hydrogens (tertiary/aromatic N) is 1. The highest BCUT2D eigenvalue weighted by Gasteiger charge is 2.33. The van der Waals surface area contributed by atoms with Crippen molar-refractivity contribution < 1.29 is 13.9 Å². The van der Waals surface area contributed by atoms with Gasteiger partial charge in [0.1, 0.15) is 23.2 Å². The van der Waals surface area contributed by atoms with E-state index >= 15 is 0 Å². The predicted octanol–water partition coefficient (Wildman–Crippen LogP) is 8.62. The number of nitrogens with one attached hydrogen (secondary N) is 1. The van der Waals surface area contributed by atoms with Crippen LogP contribution >= 0.6 is 11.3 Å². The highest BCUT2D eigenvalue weighted by atomic mass is 32.1. The van der Waals surface area contributed by atoms with Gasteiger partial charge in [0.15, 0.2) is 0 Å². The van der Waals surface area contributed by atoms with E-state index < -0.39 is 0 Å². The van der Waals surface area contributed by atoms with Gasteiger partial charge < -0.3 is 10.1 Å². The first kappa shape index (κ1) is 26.8. The summed E-state index contributed by atoms with van der Waals surface area (Å²) < 4.78 is 19.6. The molecule has 4 aromatic rings. The molecule has 0 bridgehead atoms. The average molecular weight is 541 g/mol. The van der Waals surface area contributed by atoms with Crippen molar-refractivity contribution in [2.45, 2.75) is 46.6 Å². The lowest BCUT2D eigenvalue weighted by molar-refractivity contribution is 0.102. The van der Waals surface area contributed by atoms with Crippen molar-refractivity contribution in [3.8, 4) is 5.75 Å². The predicted molar refractivity (Wildman–Crippen MR) is 158 cm³/mol. The summed E-state index contributed by atoms with van der Waals surface area (Å²) in [5.74, 6) is 0.832. The smallest absolute Gasteiger partial charge is 0.259 e. The number of hydrogen-bond donors (Lipinski definition) is 1. The van der Waals surface area contributed by atoms with Gasteiger partial charge in [0.05, 0.1) is 5.56 Å². The zero-order valence-electron chi connectivity index (χ0n) is 22.5. The van der Waals surface area contributed by atoms with Crippen LogP contribution in [0.4, 0.5) is 15.1 Å². The van der Waals surface area contributed by atoms with E-state index in [-0.39, 0.29) is 23.7 Å². The van der Waals surface area contributed by atoms with Crippen LogP contribution in [0.3, 0.4) is 0 Å². The fourth-order valence-electron chi connectivity index (χ4n) is 4.91. The maximum Gasteiger partial charge on any atom is 0.259 e. The minimum Gasteiger partial charge on any atom is -0.489 e. The van der Waals surface area contributed by atoms with E-state index in [2.05, 4.69) is 26.1 Å². The van der Waals surface area contributed by atoms with Crippen molar-refractivity contribution in [3.05, 3.63) is 112 Å². The Morgan fingerprint density at radius 2 is 1.77 bits per heavy atom. The zero-order chi connectivity index (χ0) is 27.4. The Morgan fingerprint density at radius 1 is 1.05 bits per heavy atom. The first-order valence-corrected chi connectivity index (χ1v) is 14.1. The van der Waals surface area contributed by atoms with Gasteiger partial charge in [-0.2, -0.15) is 0 Å². The van der Waals surface area contributed by atoms with E-state index in [9.17, 15) is 9.18 Å². The molecule has 1 N–H and O–H groups in total. The van der Waals surface area contributed by atoms with Crippen LogP contribution in [0.15, 0.2) is 83.9 Å². The lowest BCUT2D eigenvalue weighted by atomic mass is 9.72. The number of halogens is 1. The van der Waals surface area contributed by atoms with E-state index in [0.717, 1.165) is 41.1 Å². The van der Waals surface area contributed by atoms with Crippen molar-refractivity contribution in [3.63, 3.8) is 0 Å². The second-order valence-corrected chi connectivity index (χ2v) is 12.1. The van der Waals surface area contributed by atoms with Crippen LogP contribution in [0.5, 0.6) is 5.75 Å². The van der Waals surface area contributed by atoms with Gasteiger partial charge in [-0.25, -0.2) is 9.38 Å². The average Bonchev–Trinajstić information content (AvgIpc) is 3.30. The van der Waals surface area contributed by atoms with Crippen LogP contribution in [0.2, 0.25) is 0 Å². The number of amides is 1. The number of ether oxygens (including phenoxy) is 1. The number of thiophene rings is 1. The highest BCUT2D eigenvalue weighted by Crippen LogP contribution is 2.45. The molecule has 1 heterocycles. The molecule has 0 spiro atoms. The van der Waals surface area contributed by atoms with Gasteiger partial charge in [-0.05, 0) is 84.2 Å². The van der Waals surface area contributed by atoms with Crippen LogP contribution in [-0.2, 0) is 19.4 Å². The molecule has 6 heteroatoms. The summed E-state index contributed by atoms with van der Waals surface area (Å²) in [7, 11) is 0. The monoisotopic (exact) mass is 540 g/mol. The van der Waals surface area contributed by atoms with Gasteiger partial charge in [-0.1, -0.05) is 57.2 Å². The molecular formula is C33H33FN2O2S. The van der Waals surface area contributed by atoms with Crippen molar-refractivity contribution in [1.29, 1.82) is 0 Å². The van der Waals surface area contributed by atoms with E-state index in [1.807, 2.05) is 54.6 Å². The number of benzene rings is 3. The van der Waals surface area contributed by atoms with Crippen LogP contribution in [-0.4, -0.2) is 12.1 Å². The molecule has 0 aliphatic heterocycles. The molecule has 200 valence electrons. The summed E-state index contributed by atoms with van der Waals surface area (Å²) in [6, 6.07) is 23.7. The number of carbonyl (C=O) groups is 1. The number of carbonyl (C=O) groups excluding carboxylic acids is 1. The summed E-state index contributed by atoms with van der Waals surface area (Å²) in [5.41, 5.74) is 4.21. The first-order valence-electron chi connectivity index (χ1n) is 13.3. The maximum absolute atomic E-state index is 13.9. The summed E-state index contributed by atoms with van der Waals surface area (Å²) in [6.07, 6.45) is 4.71. The third-order valence-corrected chi connectivity index (χ3v) is 8.46. The number of rotatable bonds is 7. The number of aliphatic imine (C=N–C) groups is 1. The minimum absolute atomic E-state index is 0.114. The topological polar surface area (TPSA) is 50.7 Å². The summed E-state index contributed by atoms with van der Waals surface area (Å²) >= 11 is 1.63. The molecule has 0 radical (unpaired) electrons. The molecule has 0 saturated heterocycles. The Labute approximate surface area is 233 Å². The lowest BCUT2D eigenvalue weighted by Crippen LogP contribution is -2.27. The normalized spacial score (nSPS) is 15.2. The van der Waals surface area contributed by atoms with Crippen molar-refractivity contribution >= 4 is 34.1 Å². The summed E-state index contributed by atoms with van der Waals surface area (Å²) in [4.78, 5) is 19.6. The fourth-order valence-corrected chi connectivity index (χ4v) is 6.18. The second-order valence-electron chi connectivity index (χ2n) is 11.0. The zero-order valence-corrected chi connectivity index (χ0v) is 23.4. The van der Waals surface area contributed by atoms with E-state index in [1.165, 1.54) is 10.9 Å². The van der Waals surface area contributed by atoms with E-state index in [0.29, 0.717) is 22.8 Å². The Hall–Kier alpha value is -3.77. The molecule has 39 heavy (non-hydrogen) atoms. The van der Waals surface area contributed by atoms with Crippen molar-refractivity contribution in [2.24, 2.45) is 16.3 Å². The number of anilines is 1. The van der Waals surface area contributed by atoms with Gasteiger partial charge in [-0.3, -0.25) is 4.79 Å². The third-order valence-electron chi connectivity index (χ3n) is 7.29. The van der Waals surface area contributed by atoms with E-state index in [4.69, 9.17) is 9.73 Å². The first-order chi connectivity index (χ1) is 18.8. The highest BCUT2D eigenvalue weighted by molar-refractivity contribution is 7.16. The maximum atomic E-state index is 13.9. The Balaban J connectivity index is 1.36. The van der Waals surface area contributed by atoms with Crippen LogP contribution in [0.1, 0.15) is 59.1 Å². The molecule has 1 aliphatic rings. The molecule has 1 aromatic heterocycles. The summed E-state index contributed by atoms with van der Waals surface area (Å²) in [6.45, 7) is 7.04. The Morgan fingerprint density at radius 3 is 2.49 bits per heavy atom. The molecule has 1 aliphatic carbocycles. The van der Waals surface area contributed by atoms with Crippen LogP contribution in [0, 0.1) is 17.2 Å². The molecular weight excluding hydrogens is 507 g/mol. The van der Waals surface area contributed by atoms with Gasteiger partial charge >= 0.3 is 0 Å². The quantitative estimate of drug-likeness (QED) is 0.239. The molecule has 0 saturated carbocycles. The van der Waals surface area contributed by atoms with Crippen LogP contribution in [0.25, 0.3) is 0 Å². The standard InChI is InChI=1S/C33H33FN2O2S/c1-33(2,3)24-15-18-27-29(19-24)39-32(30(27)31(37)36-25-10-5-4-6-11-25)35-20-22-13-16-26(17-14-22)38-21-23-9-7-8-12-28(23)34/h4-14,16-17,20,24H,15,18-19,21H2,1-3H3,(H,36,37)/t24-/m0/s1. The SMILES string of the molecule is CC(C)(C)[C@H]1CCc2c(sc(N=Cc3ccc(OCc4ccccc4F)cc3)c2C(=O)Nc2ccccc2)C1. The Bertz CT molecular complexity index is 1470. The molecule has 0 unspecified atom stereocenters. The van der Waals surface area contributed by atoms with Gasteiger partial charge in [0.2, 0.25) is 0 Å². The van der Waals surface area contributed by atoms with Crippen molar-refractivity contribution in [2.75, 3.05) is 5.32 Å². The number of hydrogen-bond acceptors (Lipinski definition) is 4. The molecule has 4 nitrogen and oxygen atoms in total. The molecule has 1 atom stereocenters. The van der Waals surface area contributed by atoms with E-state index in [1.54, 1.807) is 35.8 Å².